The maximum Gasteiger partial charge on any atom is 0.377 e. The lowest BCUT2D eigenvalue weighted by molar-refractivity contribution is -0.170. The monoisotopic (exact) mass is 324 g/mol. The molecule has 1 heterocycles. The van der Waals surface area contributed by atoms with Crippen molar-refractivity contribution in [3.05, 3.63) is 30.1 Å². The number of amides is 1. The summed E-state index contributed by atoms with van der Waals surface area (Å²) in [7, 11) is 0. The number of pyridine rings is 1. The molecule has 0 fully saturated rings. The number of nitrogens with one attached hydrogen (secondary N) is 1. The molecular formula is C11H11ClF2N2O5. The highest BCUT2D eigenvalue weighted by Crippen LogP contribution is 2.31. The Kier molecular flexibility index (Phi) is 6.67. The molecule has 0 aliphatic carbocycles. The highest BCUT2D eigenvalue weighted by atomic mass is 35.5. The number of carbonyl (C=O) groups excluding carboxylic acids is 1. The second kappa shape index (κ2) is 7.48. The van der Waals surface area contributed by atoms with Crippen LogP contribution in [0.2, 0.25) is 0 Å². The van der Waals surface area contributed by atoms with Crippen molar-refractivity contribution in [3.8, 4) is 0 Å². The van der Waals surface area contributed by atoms with Gasteiger partial charge < -0.3 is 15.5 Å². The number of carboxylic acid groups (broad SMARTS) is 2. The molecule has 0 radical (unpaired) electrons. The predicted octanol–water partition coefficient (Wildman–Crippen LogP) is 0.855. The van der Waals surface area contributed by atoms with E-state index in [4.69, 9.17) is 10.2 Å². The lowest BCUT2D eigenvalue weighted by Gasteiger charge is -2.24. The first-order valence-corrected chi connectivity index (χ1v) is 5.27. The Labute approximate surface area is 123 Å². The van der Waals surface area contributed by atoms with Gasteiger partial charge in [-0.05, 0) is 17.7 Å². The number of carbonyl (C=O) groups is 3. The number of hydrogen-bond acceptors (Lipinski definition) is 4. The number of aliphatic carboxylic acids is 2. The zero-order valence-corrected chi connectivity index (χ0v) is 11.1. The first kappa shape index (κ1) is 18.7. The molecule has 0 bridgehead atoms. The average Bonchev–Trinajstić information content (AvgIpc) is 2.35. The molecule has 1 atom stereocenters. The third-order valence-electron chi connectivity index (χ3n) is 2.30. The Morgan fingerprint density at radius 3 is 2.19 bits per heavy atom. The molecule has 0 saturated carbocycles. The predicted molar refractivity (Wildman–Crippen MR) is 67.2 cm³/mol. The van der Waals surface area contributed by atoms with Gasteiger partial charge in [-0.25, -0.2) is 4.79 Å². The van der Waals surface area contributed by atoms with Crippen LogP contribution in [-0.2, 0) is 14.4 Å². The Morgan fingerprint density at radius 2 is 1.76 bits per heavy atom. The minimum atomic E-state index is -4.30. The second-order valence-corrected chi connectivity index (χ2v) is 3.78. The highest BCUT2D eigenvalue weighted by molar-refractivity contribution is 5.94. The van der Waals surface area contributed by atoms with Crippen LogP contribution in [0.3, 0.4) is 0 Å². The van der Waals surface area contributed by atoms with Crippen LogP contribution in [0.4, 0.5) is 8.78 Å². The fourth-order valence-electron chi connectivity index (χ4n) is 1.41. The third-order valence-corrected chi connectivity index (χ3v) is 2.30. The minimum absolute atomic E-state index is 0. The number of halogens is 3. The van der Waals surface area contributed by atoms with Crippen LogP contribution < -0.4 is 5.32 Å². The summed E-state index contributed by atoms with van der Waals surface area (Å²) >= 11 is 0. The highest BCUT2D eigenvalue weighted by Gasteiger charge is 2.49. The van der Waals surface area contributed by atoms with E-state index in [2.05, 4.69) is 4.98 Å². The van der Waals surface area contributed by atoms with Crippen molar-refractivity contribution in [1.82, 2.24) is 10.3 Å². The summed E-state index contributed by atoms with van der Waals surface area (Å²) in [4.78, 5) is 35.8. The molecule has 1 amide bonds. The largest absolute Gasteiger partial charge is 0.481 e. The van der Waals surface area contributed by atoms with E-state index in [9.17, 15) is 23.2 Å². The molecule has 0 spiro atoms. The van der Waals surface area contributed by atoms with Crippen molar-refractivity contribution in [2.24, 2.45) is 0 Å². The lowest BCUT2D eigenvalue weighted by atomic mass is 10.0. The zero-order chi connectivity index (χ0) is 15.3. The normalized spacial score (nSPS) is 11.9. The molecule has 10 heteroatoms. The van der Waals surface area contributed by atoms with Crippen LogP contribution >= 0.6 is 12.4 Å². The SMILES string of the molecule is Cl.O=C(O)CC(=O)NC(c1ccncc1)C(F)(F)C(=O)O. The van der Waals surface area contributed by atoms with Crippen LogP contribution in [0.15, 0.2) is 24.5 Å². The van der Waals surface area contributed by atoms with Crippen LogP contribution in [0.1, 0.15) is 18.0 Å². The summed E-state index contributed by atoms with van der Waals surface area (Å²) in [6, 6.07) is 0.0142. The molecule has 21 heavy (non-hydrogen) atoms. The maximum absolute atomic E-state index is 13.6. The molecular weight excluding hydrogens is 314 g/mol. The average molecular weight is 325 g/mol. The maximum atomic E-state index is 13.6. The van der Waals surface area contributed by atoms with Gasteiger partial charge in [-0.1, -0.05) is 0 Å². The van der Waals surface area contributed by atoms with E-state index < -0.39 is 36.2 Å². The van der Waals surface area contributed by atoms with Crippen molar-refractivity contribution in [2.45, 2.75) is 18.4 Å². The van der Waals surface area contributed by atoms with Gasteiger partial charge in [0.25, 0.3) is 0 Å². The zero-order valence-electron chi connectivity index (χ0n) is 10.3. The number of carboxylic acids is 2. The smallest absolute Gasteiger partial charge is 0.377 e. The molecule has 1 rings (SSSR count). The fourth-order valence-corrected chi connectivity index (χ4v) is 1.41. The molecule has 1 unspecified atom stereocenters. The van der Waals surface area contributed by atoms with Crippen LogP contribution in [0.5, 0.6) is 0 Å². The van der Waals surface area contributed by atoms with E-state index >= 15 is 0 Å². The summed E-state index contributed by atoms with van der Waals surface area (Å²) < 4.78 is 27.2. The fraction of sp³-hybridized carbons (Fsp3) is 0.273. The molecule has 0 aliphatic heterocycles. The van der Waals surface area contributed by atoms with Gasteiger partial charge in [-0.2, -0.15) is 8.78 Å². The number of hydrogen-bond donors (Lipinski definition) is 3. The van der Waals surface area contributed by atoms with Crippen molar-refractivity contribution < 1.29 is 33.4 Å². The second-order valence-electron chi connectivity index (χ2n) is 3.78. The van der Waals surface area contributed by atoms with Gasteiger partial charge in [0.1, 0.15) is 12.5 Å². The molecule has 1 aromatic rings. The Bertz CT molecular complexity index is 527. The summed E-state index contributed by atoms with van der Waals surface area (Å²) in [5.74, 6) is -9.47. The van der Waals surface area contributed by atoms with E-state index in [-0.39, 0.29) is 18.0 Å². The molecule has 7 nitrogen and oxygen atoms in total. The van der Waals surface area contributed by atoms with Gasteiger partial charge in [0, 0.05) is 12.4 Å². The van der Waals surface area contributed by atoms with E-state index in [1.807, 2.05) is 0 Å². The topological polar surface area (TPSA) is 117 Å². The Hall–Kier alpha value is -2.29. The third kappa shape index (κ3) is 4.95. The van der Waals surface area contributed by atoms with Crippen molar-refractivity contribution in [1.29, 1.82) is 0 Å². The lowest BCUT2D eigenvalue weighted by Crippen LogP contribution is -2.45. The first-order chi connectivity index (χ1) is 9.25. The van der Waals surface area contributed by atoms with Gasteiger partial charge >= 0.3 is 17.9 Å². The van der Waals surface area contributed by atoms with Crippen molar-refractivity contribution >= 4 is 30.3 Å². The van der Waals surface area contributed by atoms with Crippen molar-refractivity contribution in [2.75, 3.05) is 0 Å². The number of nitrogens with zero attached hydrogens (tertiary/aromatic N) is 1. The van der Waals surface area contributed by atoms with E-state index in [0.717, 1.165) is 24.5 Å². The summed E-state index contributed by atoms with van der Waals surface area (Å²) in [6.45, 7) is 0. The molecule has 0 aliphatic rings. The van der Waals surface area contributed by atoms with E-state index in [1.54, 1.807) is 5.32 Å². The number of aromatic nitrogens is 1. The summed E-state index contributed by atoms with van der Waals surface area (Å²) in [6.07, 6.45) is 1.24. The van der Waals surface area contributed by atoms with Gasteiger partial charge in [0.2, 0.25) is 5.91 Å². The van der Waals surface area contributed by atoms with Crippen LogP contribution in [-0.4, -0.2) is 39.0 Å². The summed E-state index contributed by atoms with van der Waals surface area (Å²) in [5, 5.41) is 18.6. The minimum Gasteiger partial charge on any atom is -0.481 e. The van der Waals surface area contributed by atoms with E-state index in [1.165, 1.54) is 0 Å². The van der Waals surface area contributed by atoms with Crippen molar-refractivity contribution in [3.63, 3.8) is 0 Å². The Morgan fingerprint density at radius 1 is 1.24 bits per heavy atom. The molecule has 116 valence electrons. The van der Waals surface area contributed by atoms with Gasteiger partial charge in [0.15, 0.2) is 0 Å². The Balaban J connectivity index is 0.00000400. The van der Waals surface area contributed by atoms with Crippen LogP contribution in [0, 0.1) is 0 Å². The quantitative estimate of drug-likeness (QED) is 0.668. The van der Waals surface area contributed by atoms with Gasteiger partial charge in [0.05, 0.1) is 0 Å². The van der Waals surface area contributed by atoms with E-state index in [0.29, 0.717) is 0 Å². The number of alkyl halides is 2. The molecule has 0 aromatic carbocycles. The molecule has 1 aromatic heterocycles. The first-order valence-electron chi connectivity index (χ1n) is 5.27. The summed E-state index contributed by atoms with van der Waals surface area (Å²) in [5.41, 5.74) is -0.203. The number of rotatable bonds is 6. The van der Waals surface area contributed by atoms with Gasteiger partial charge in [-0.3, -0.25) is 14.6 Å². The van der Waals surface area contributed by atoms with Crippen LogP contribution in [0.25, 0.3) is 0 Å². The van der Waals surface area contributed by atoms with Gasteiger partial charge in [-0.15, -0.1) is 12.4 Å². The molecule has 0 saturated heterocycles. The standard InChI is InChI=1S/C11H10F2N2O5.ClH/c12-11(13,10(19)20)9(6-1-3-14-4-2-6)15-7(16)5-8(17)18;/h1-4,9H,5H2,(H,15,16)(H,17,18)(H,19,20);1H. The molecule has 3 N–H and O–H groups in total.